The van der Waals surface area contributed by atoms with Crippen molar-refractivity contribution in [2.24, 2.45) is 0 Å². The third-order valence-electron chi connectivity index (χ3n) is 7.80. The molecule has 1 saturated carbocycles. The number of fused-ring (bicyclic) bond motifs is 4. The van der Waals surface area contributed by atoms with Gasteiger partial charge in [0, 0.05) is 47.3 Å². The van der Waals surface area contributed by atoms with E-state index in [0.717, 1.165) is 73.3 Å². The Bertz CT molecular complexity index is 1230. The van der Waals surface area contributed by atoms with Gasteiger partial charge in [-0.25, -0.2) is 4.98 Å². The first kappa shape index (κ1) is 21.2. The minimum Gasteiger partial charge on any atom is -0.381 e. The molecule has 7 nitrogen and oxygen atoms in total. The van der Waals surface area contributed by atoms with Gasteiger partial charge in [-0.15, -0.1) is 0 Å². The van der Waals surface area contributed by atoms with E-state index in [1.807, 2.05) is 35.4 Å². The van der Waals surface area contributed by atoms with E-state index in [2.05, 4.69) is 32.8 Å². The number of amides is 1. The van der Waals surface area contributed by atoms with Crippen LogP contribution in [0.2, 0.25) is 0 Å². The number of hydrogen-bond acceptors (Lipinski definition) is 5. The van der Waals surface area contributed by atoms with Crippen LogP contribution in [0.5, 0.6) is 0 Å². The number of rotatable bonds is 3. The summed E-state index contributed by atoms with van der Waals surface area (Å²) in [6.45, 7) is 6.89. The first-order valence-corrected chi connectivity index (χ1v) is 12.6. The summed E-state index contributed by atoms with van der Waals surface area (Å²) in [6.07, 6.45) is 11.2. The lowest BCUT2D eigenvalue weighted by atomic mass is 9.78. The lowest BCUT2D eigenvalue weighted by Gasteiger charge is -2.45. The van der Waals surface area contributed by atoms with Gasteiger partial charge >= 0.3 is 0 Å². The van der Waals surface area contributed by atoms with Crippen LogP contribution in [0.15, 0.2) is 48.8 Å². The molecule has 3 aliphatic rings. The summed E-state index contributed by atoms with van der Waals surface area (Å²) < 4.78 is 2.42. The highest BCUT2D eigenvalue weighted by molar-refractivity contribution is 5.94. The van der Waals surface area contributed by atoms with Crippen LogP contribution in [0.3, 0.4) is 0 Å². The number of carbonyl (C=O) groups excluding carboxylic acids is 1. The summed E-state index contributed by atoms with van der Waals surface area (Å²) in [5.74, 6) is 0.689. The number of nitrogens with zero attached hydrogens (tertiary/aromatic N) is 4. The van der Waals surface area contributed by atoms with E-state index >= 15 is 0 Å². The molecule has 6 rings (SSSR count). The molecule has 34 heavy (non-hydrogen) atoms. The number of allylic oxidation sites excluding steroid dienone is 1. The monoisotopic (exact) mass is 456 g/mol. The van der Waals surface area contributed by atoms with Crippen molar-refractivity contribution in [1.29, 1.82) is 0 Å². The van der Waals surface area contributed by atoms with E-state index in [9.17, 15) is 4.79 Å². The SMILES string of the molecule is C=C1NCc2cc3cnc(Nc4ccc(C(=O)N5CCCCC5)cc4)nc3n2C12CCCCC2. The van der Waals surface area contributed by atoms with Crippen molar-refractivity contribution in [2.45, 2.75) is 63.5 Å². The zero-order valence-electron chi connectivity index (χ0n) is 19.6. The quantitative estimate of drug-likeness (QED) is 0.575. The molecule has 3 aromatic rings. The lowest BCUT2D eigenvalue weighted by Crippen LogP contribution is -2.47. The molecule has 0 atom stereocenters. The van der Waals surface area contributed by atoms with Crippen LogP contribution in [0.4, 0.5) is 11.6 Å². The van der Waals surface area contributed by atoms with Gasteiger partial charge in [-0.3, -0.25) is 4.79 Å². The third-order valence-corrected chi connectivity index (χ3v) is 7.80. The van der Waals surface area contributed by atoms with Gasteiger partial charge in [0.25, 0.3) is 5.91 Å². The summed E-state index contributed by atoms with van der Waals surface area (Å²) in [5.41, 5.74) is 4.83. The minimum atomic E-state index is -0.102. The van der Waals surface area contributed by atoms with Crippen molar-refractivity contribution in [2.75, 3.05) is 18.4 Å². The maximum Gasteiger partial charge on any atom is 0.253 e. The Morgan fingerprint density at radius 3 is 2.53 bits per heavy atom. The molecule has 0 radical (unpaired) electrons. The molecule has 1 saturated heterocycles. The lowest BCUT2D eigenvalue weighted by molar-refractivity contribution is 0.0724. The van der Waals surface area contributed by atoms with Crippen molar-refractivity contribution < 1.29 is 4.79 Å². The highest BCUT2D eigenvalue weighted by atomic mass is 16.2. The van der Waals surface area contributed by atoms with Gasteiger partial charge in [-0.1, -0.05) is 25.8 Å². The number of aromatic nitrogens is 3. The predicted octanol–water partition coefficient (Wildman–Crippen LogP) is 5.08. The molecule has 176 valence electrons. The van der Waals surface area contributed by atoms with E-state index in [4.69, 9.17) is 4.98 Å². The highest BCUT2D eigenvalue weighted by Crippen LogP contribution is 2.44. The van der Waals surface area contributed by atoms with Gasteiger partial charge in [0.05, 0.1) is 12.1 Å². The van der Waals surface area contributed by atoms with E-state index in [0.29, 0.717) is 5.95 Å². The number of benzene rings is 1. The standard InChI is InChI=1S/C27H32N6O/c1-19-27(12-4-2-5-13-27)33-23(18-28-19)16-21-17-29-26(31-24(21)33)30-22-10-8-20(9-11-22)25(34)32-14-6-3-7-15-32/h8-11,16-17,28H,1-7,12-15,18H2,(H,29,30,31). The number of hydrogen-bond donors (Lipinski definition) is 2. The first-order chi connectivity index (χ1) is 16.6. The number of nitrogens with one attached hydrogen (secondary N) is 2. The minimum absolute atomic E-state index is 0.102. The number of piperidine rings is 1. The van der Waals surface area contributed by atoms with E-state index < -0.39 is 0 Å². The van der Waals surface area contributed by atoms with Crippen molar-refractivity contribution in [3.8, 4) is 0 Å². The van der Waals surface area contributed by atoms with Crippen LogP contribution in [0, 0.1) is 0 Å². The van der Waals surface area contributed by atoms with E-state index in [1.165, 1.54) is 31.4 Å². The number of carbonyl (C=O) groups is 1. The zero-order valence-corrected chi connectivity index (χ0v) is 19.6. The van der Waals surface area contributed by atoms with Crippen LogP contribution >= 0.6 is 0 Å². The molecule has 7 heteroatoms. The molecule has 0 unspecified atom stereocenters. The summed E-state index contributed by atoms with van der Waals surface area (Å²) in [4.78, 5) is 24.3. The van der Waals surface area contributed by atoms with Crippen molar-refractivity contribution in [3.05, 3.63) is 60.1 Å². The molecule has 4 heterocycles. The molecule has 1 spiro atoms. The number of likely N-dealkylation sites (tertiary alicyclic amines) is 1. The second-order valence-electron chi connectivity index (χ2n) is 9.92. The molecule has 0 bridgehead atoms. The van der Waals surface area contributed by atoms with Crippen LogP contribution in [0.1, 0.15) is 67.4 Å². The maximum atomic E-state index is 12.8. The zero-order chi connectivity index (χ0) is 23.1. The van der Waals surface area contributed by atoms with Crippen LogP contribution in [-0.4, -0.2) is 38.4 Å². The average molecular weight is 457 g/mol. The molecule has 1 amide bonds. The van der Waals surface area contributed by atoms with Crippen LogP contribution in [0.25, 0.3) is 11.0 Å². The Morgan fingerprint density at radius 1 is 1.03 bits per heavy atom. The van der Waals surface area contributed by atoms with Gasteiger partial charge in [0.1, 0.15) is 5.65 Å². The maximum absolute atomic E-state index is 12.8. The average Bonchev–Trinajstić information content (AvgIpc) is 3.26. The van der Waals surface area contributed by atoms with Gasteiger partial charge in [-0.2, -0.15) is 4.98 Å². The molecule has 1 aromatic carbocycles. The second-order valence-corrected chi connectivity index (χ2v) is 9.92. The molecule has 1 aliphatic carbocycles. The molecule has 2 fully saturated rings. The van der Waals surface area contributed by atoms with Crippen molar-refractivity contribution in [1.82, 2.24) is 24.8 Å². The van der Waals surface area contributed by atoms with E-state index in [-0.39, 0.29) is 11.4 Å². The van der Waals surface area contributed by atoms with Crippen molar-refractivity contribution >= 4 is 28.6 Å². The molecule has 2 N–H and O–H groups in total. The fourth-order valence-corrected chi connectivity index (χ4v) is 5.97. The predicted molar refractivity (Wildman–Crippen MR) is 134 cm³/mol. The summed E-state index contributed by atoms with van der Waals surface area (Å²) >= 11 is 0. The molecule has 2 aromatic heterocycles. The smallest absolute Gasteiger partial charge is 0.253 e. The van der Waals surface area contributed by atoms with Crippen LogP contribution < -0.4 is 10.6 Å². The topological polar surface area (TPSA) is 75.1 Å². The largest absolute Gasteiger partial charge is 0.381 e. The highest BCUT2D eigenvalue weighted by Gasteiger charge is 2.41. The number of anilines is 2. The Hall–Kier alpha value is -3.35. The Morgan fingerprint density at radius 2 is 1.76 bits per heavy atom. The fourth-order valence-electron chi connectivity index (χ4n) is 5.97. The van der Waals surface area contributed by atoms with Gasteiger partial charge < -0.3 is 20.1 Å². The summed E-state index contributed by atoms with van der Waals surface area (Å²) in [6, 6.07) is 9.86. The van der Waals surface area contributed by atoms with Gasteiger partial charge in [0.15, 0.2) is 0 Å². The van der Waals surface area contributed by atoms with Crippen molar-refractivity contribution in [3.63, 3.8) is 0 Å². The summed E-state index contributed by atoms with van der Waals surface area (Å²) in [7, 11) is 0. The molecular formula is C27H32N6O. The Balaban J connectivity index is 1.28. The van der Waals surface area contributed by atoms with Gasteiger partial charge in [-0.05, 0) is 62.4 Å². The molecular weight excluding hydrogens is 424 g/mol. The normalized spacial score (nSPS) is 19.6. The molecule has 2 aliphatic heterocycles. The summed E-state index contributed by atoms with van der Waals surface area (Å²) in [5, 5.41) is 7.94. The van der Waals surface area contributed by atoms with E-state index in [1.54, 1.807) is 0 Å². The second kappa shape index (κ2) is 8.46. The first-order valence-electron chi connectivity index (χ1n) is 12.6. The fraction of sp³-hybridized carbons (Fsp3) is 0.444. The Labute approximate surface area is 200 Å². The Kier molecular flexibility index (Phi) is 5.27. The van der Waals surface area contributed by atoms with Crippen LogP contribution in [-0.2, 0) is 12.1 Å². The third kappa shape index (κ3) is 3.54. The van der Waals surface area contributed by atoms with Gasteiger partial charge in [0.2, 0.25) is 5.95 Å².